The molecule has 1 aliphatic heterocycles. The first-order valence-corrected chi connectivity index (χ1v) is 7.73. The summed E-state index contributed by atoms with van der Waals surface area (Å²) in [6.45, 7) is 1.00. The van der Waals surface area contributed by atoms with E-state index in [1.54, 1.807) is 25.7 Å². The lowest BCUT2D eigenvalue weighted by Crippen LogP contribution is -2.31. The predicted octanol–water partition coefficient (Wildman–Crippen LogP) is 2.10. The highest BCUT2D eigenvalue weighted by Crippen LogP contribution is 2.30. The minimum atomic E-state index is -4.40. The van der Waals surface area contributed by atoms with Crippen LogP contribution in [0.4, 0.5) is 19.0 Å². The minimum absolute atomic E-state index is 0.184. The minimum Gasteiger partial charge on any atom is -0.350 e. The van der Waals surface area contributed by atoms with Gasteiger partial charge in [-0.15, -0.1) is 0 Å². The Morgan fingerprint density at radius 2 is 2.00 bits per heavy atom. The highest BCUT2D eigenvalue weighted by Gasteiger charge is 2.31. The third-order valence-corrected chi connectivity index (χ3v) is 4.25. The molecule has 1 aliphatic rings. The second-order valence-corrected chi connectivity index (χ2v) is 6.16. The number of hydrogen-bond donors (Lipinski definition) is 0. The summed E-state index contributed by atoms with van der Waals surface area (Å²) in [6, 6.07) is 2.39. The number of carbonyl (C=O) groups excluding carboxylic acids is 1. The van der Waals surface area contributed by atoms with Gasteiger partial charge in [0, 0.05) is 46.0 Å². The molecule has 0 atom stereocenters. The fourth-order valence-electron chi connectivity index (χ4n) is 2.86. The molecule has 6 nitrogen and oxygen atoms in total. The van der Waals surface area contributed by atoms with E-state index in [1.807, 2.05) is 4.90 Å². The van der Waals surface area contributed by atoms with Gasteiger partial charge >= 0.3 is 6.18 Å². The van der Waals surface area contributed by atoms with Crippen molar-refractivity contribution in [2.45, 2.75) is 19.1 Å². The Morgan fingerprint density at radius 1 is 1.28 bits per heavy atom. The molecule has 3 rings (SSSR count). The molecule has 0 fully saturated rings. The normalized spacial score (nSPS) is 14.4. The van der Waals surface area contributed by atoms with Crippen LogP contribution >= 0.6 is 0 Å². The van der Waals surface area contributed by atoms with Gasteiger partial charge in [0.25, 0.3) is 5.91 Å². The summed E-state index contributed by atoms with van der Waals surface area (Å²) in [4.78, 5) is 23.9. The van der Waals surface area contributed by atoms with Crippen LogP contribution in [0.15, 0.2) is 18.3 Å². The molecule has 0 bridgehead atoms. The van der Waals surface area contributed by atoms with E-state index in [0.717, 1.165) is 23.7 Å². The van der Waals surface area contributed by atoms with Gasteiger partial charge in [0.15, 0.2) is 5.82 Å². The number of pyridine rings is 1. The number of halogens is 3. The average Bonchev–Trinajstić information content (AvgIpc) is 2.89. The molecule has 3 heterocycles. The van der Waals surface area contributed by atoms with Crippen LogP contribution in [0, 0.1) is 0 Å². The maximum atomic E-state index is 12.6. The summed E-state index contributed by atoms with van der Waals surface area (Å²) >= 11 is 0. The molecule has 0 aromatic carbocycles. The number of hydrogen-bond acceptors (Lipinski definition) is 4. The highest BCUT2D eigenvalue weighted by molar-refractivity contribution is 5.90. The number of nitrogens with zero attached hydrogens (tertiary/aromatic N) is 5. The molecule has 134 valence electrons. The summed E-state index contributed by atoms with van der Waals surface area (Å²) in [5.74, 6) is 0.637. The molecule has 2 aromatic rings. The van der Waals surface area contributed by atoms with Crippen molar-refractivity contribution in [2.75, 3.05) is 25.5 Å². The standard InChI is InChI=1S/C16H18F3N5O/c1-22(2)15(25)14-21-11-9-24(7-6-12(11)23(14)3)13-5-4-10(8-20-13)16(17,18)19/h4-5,8H,6-7,9H2,1-3H3. The summed E-state index contributed by atoms with van der Waals surface area (Å²) in [7, 11) is 5.12. The molecule has 0 N–H and O–H groups in total. The van der Waals surface area contributed by atoms with Gasteiger partial charge < -0.3 is 14.4 Å². The van der Waals surface area contributed by atoms with Crippen LogP contribution in [0.25, 0.3) is 0 Å². The number of fused-ring (bicyclic) bond motifs is 1. The van der Waals surface area contributed by atoms with Crippen molar-refractivity contribution < 1.29 is 18.0 Å². The van der Waals surface area contributed by atoms with E-state index in [-0.39, 0.29) is 5.91 Å². The van der Waals surface area contributed by atoms with Crippen molar-refractivity contribution >= 4 is 11.7 Å². The zero-order valence-electron chi connectivity index (χ0n) is 14.1. The molecule has 9 heteroatoms. The average molecular weight is 353 g/mol. The fourth-order valence-corrected chi connectivity index (χ4v) is 2.86. The van der Waals surface area contributed by atoms with E-state index in [1.165, 1.54) is 11.0 Å². The molecule has 2 aromatic heterocycles. The van der Waals surface area contributed by atoms with Gasteiger partial charge in [-0.05, 0) is 12.1 Å². The van der Waals surface area contributed by atoms with Crippen LogP contribution in [-0.4, -0.2) is 46.0 Å². The SMILES string of the molecule is CN(C)C(=O)c1nc2c(n1C)CCN(c1ccc(C(F)(F)F)cn1)C2. The lowest BCUT2D eigenvalue weighted by Gasteiger charge is -2.27. The van der Waals surface area contributed by atoms with Crippen LogP contribution in [0.1, 0.15) is 27.6 Å². The lowest BCUT2D eigenvalue weighted by molar-refractivity contribution is -0.137. The number of alkyl halides is 3. The maximum absolute atomic E-state index is 12.6. The number of aromatic nitrogens is 3. The Kier molecular flexibility index (Phi) is 4.18. The van der Waals surface area contributed by atoms with Crippen LogP contribution < -0.4 is 4.90 Å². The molecule has 0 spiro atoms. The summed E-state index contributed by atoms with van der Waals surface area (Å²) in [5, 5.41) is 0. The highest BCUT2D eigenvalue weighted by atomic mass is 19.4. The smallest absolute Gasteiger partial charge is 0.350 e. The predicted molar refractivity (Wildman–Crippen MR) is 85.2 cm³/mol. The first-order valence-electron chi connectivity index (χ1n) is 7.73. The van der Waals surface area contributed by atoms with E-state index in [4.69, 9.17) is 0 Å². The van der Waals surface area contributed by atoms with Crippen LogP contribution in [0.5, 0.6) is 0 Å². The third kappa shape index (κ3) is 3.18. The lowest BCUT2D eigenvalue weighted by atomic mass is 10.1. The molecule has 0 radical (unpaired) electrons. The number of rotatable bonds is 2. The van der Waals surface area contributed by atoms with Crippen LogP contribution in [0.3, 0.4) is 0 Å². The second kappa shape index (κ2) is 6.05. The van der Waals surface area contributed by atoms with E-state index in [9.17, 15) is 18.0 Å². The summed E-state index contributed by atoms with van der Waals surface area (Å²) in [5.41, 5.74) is 0.944. The second-order valence-electron chi connectivity index (χ2n) is 6.16. The first-order chi connectivity index (χ1) is 11.7. The van der Waals surface area contributed by atoms with E-state index in [2.05, 4.69) is 9.97 Å². The van der Waals surface area contributed by atoms with E-state index < -0.39 is 11.7 Å². The summed E-state index contributed by atoms with van der Waals surface area (Å²) in [6.07, 6.45) is -2.92. The number of anilines is 1. The van der Waals surface area contributed by atoms with Gasteiger partial charge in [-0.3, -0.25) is 4.79 Å². The third-order valence-electron chi connectivity index (χ3n) is 4.25. The molecule has 0 saturated carbocycles. The molecule has 1 amide bonds. The Labute approximate surface area is 142 Å². The molecule has 0 saturated heterocycles. The zero-order valence-corrected chi connectivity index (χ0v) is 14.1. The topological polar surface area (TPSA) is 54.3 Å². The van der Waals surface area contributed by atoms with Gasteiger partial charge in [-0.25, -0.2) is 9.97 Å². The zero-order chi connectivity index (χ0) is 18.4. The van der Waals surface area contributed by atoms with Crippen molar-refractivity contribution in [2.24, 2.45) is 7.05 Å². The van der Waals surface area contributed by atoms with Crippen molar-refractivity contribution in [3.05, 3.63) is 41.1 Å². The van der Waals surface area contributed by atoms with Crippen LogP contribution in [-0.2, 0) is 26.2 Å². The Bertz CT molecular complexity index is 795. The Morgan fingerprint density at radius 3 is 2.56 bits per heavy atom. The maximum Gasteiger partial charge on any atom is 0.417 e. The Balaban J connectivity index is 1.84. The molecular weight excluding hydrogens is 335 g/mol. The molecule has 0 unspecified atom stereocenters. The Hall–Kier alpha value is -2.58. The van der Waals surface area contributed by atoms with Crippen molar-refractivity contribution in [1.29, 1.82) is 0 Å². The van der Waals surface area contributed by atoms with Crippen molar-refractivity contribution in [3.8, 4) is 0 Å². The van der Waals surface area contributed by atoms with E-state index >= 15 is 0 Å². The number of amides is 1. The quantitative estimate of drug-likeness (QED) is 0.830. The van der Waals surface area contributed by atoms with Gasteiger partial charge in [0.05, 0.1) is 17.8 Å². The molecule has 0 aliphatic carbocycles. The van der Waals surface area contributed by atoms with Crippen LogP contribution in [0.2, 0.25) is 0 Å². The first kappa shape index (κ1) is 17.2. The summed E-state index contributed by atoms with van der Waals surface area (Å²) < 4.78 is 39.7. The van der Waals surface area contributed by atoms with Gasteiger partial charge in [-0.2, -0.15) is 13.2 Å². The number of carbonyl (C=O) groups is 1. The molecular formula is C16H18F3N5O. The van der Waals surface area contributed by atoms with Gasteiger partial charge in [-0.1, -0.05) is 0 Å². The monoisotopic (exact) mass is 353 g/mol. The van der Waals surface area contributed by atoms with Crippen molar-refractivity contribution in [1.82, 2.24) is 19.4 Å². The van der Waals surface area contributed by atoms with Gasteiger partial charge in [0.2, 0.25) is 0 Å². The van der Waals surface area contributed by atoms with Crippen molar-refractivity contribution in [3.63, 3.8) is 0 Å². The fraction of sp³-hybridized carbons (Fsp3) is 0.438. The van der Waals surface area contributed by atoms with Gasteiger partial charge in [0.1, 0.15) is 5.82 Å². The number of imidazole rings is 1. The largest absolute Gasteiger partial charge is 0.417 e. The molecule has 25 heavy (non-hydrogen) atoms. The van der Waals surface area contributed by atoms with E-state index in [0.29, 0.717) is 31.2 Å².